The fourth-order valence-corrected chi connectivity index (χ4v) is 7.59. The number of aliphatic carboxylic acids is 2. The normalized spacial score (nSPS) is 18.5. The minimum absolute atomic E-state index is 0. The number of amides is 2. The number of phenolic OH excluding ortho intramolecular Hbond substituents is 1. The first kappa shape index (κ1) is 52.9. The van der Waals surface area contributed by atoms with Crippen LogP contribution in [-0.2, 0) is 42.2 Å². The van der Waals surface area contributed by atoms with Gasteiger partial charge in [0.1, 0.15) is 30.0 Å². The van der Waals surface area contributed by atoms with Crippen molar-refractivity contribution in [3.63, 3.8) is 0 Å². The average molecular weight is 941 g/mol. The van der Waals surface area contributed by atoms with Crippen LogP contribution in [0.2, 0.25) is 0 Å². The molecule has 5 heterocycles. The first-order valence-corrected chi connectivity index (χ1v) is 19.5. The van der Waals surface area contributed by atoms with Crippen molar-refractivity contribution in [2.75, 3.05) is 26.1 Å². The number of aliphatic hydroxyl groups excluding tert-OH is 4. The molecule has 334 valence electrons. The summed E-state index contributed by atoms with van der Waals surface area (Å²) in [5.74, 6) is -7.64. The van der Waals surface area contributed by atoms with E-state index in [-0.39, 0.29) is 106 Å². The van der Waals surface area contributed by atoms with Crippen LogP contribution in [0.3, 0.4) is 0 Å². The molecule has 4 aliphatic rings. The summed E-state index contributed by atoms with van der Waals surface area (Å²) >= 11 is 1.10. The monoisotopic (exact) mass is 940 g/mol. The number of tetrazole rings is 1. The molecule has 1 saturated heterocycles. The molecule has 0 aliphatic carbocycles. The summed E-state index contributed by atoms with van der Waals surface area (Å²) in [5.41, 5.74) is -1.38. The molecule has 0 bridgehead atoms. The van der Waals surface area contributed by atoms with Crippen molar-refractivity contribution >= 4 is 46.5 Å². The topological polar surface area (TPSA) is 374 Å². The van der Waals surface area contributed by atoms with Crippen LogP contribution in [0, 0.1) is 13.8 Å². The van der Waals surface area contributed by atoms with Crippen LogP contribution < -0.4 is 85.9 Å². The number of aromatic amines is 1. The molecule has 6 atom stereocenters. The number of carbonyl (C=O) groups excluding carboxylic acids is 4. The van der Waals surface area contributed by atoms with E-state index in [1.54, 1.807) is 19.2 Å². The van der Waals surface area contributed by atoms with Crippen LogP contribution in [0.4, 0.5) is 0 Å². The van der Waals surface area contributed by atoms with Crippen LogP contribution in [0.25, 0.3) is 22.6 Å². The van der Waals surface area contributed by atoms with Crippen LogP contribution in [0.15, 0.2) is 62.4 Å². The van der Waals surface area contributed by atoms with E-state index in [0.29, 0.717) is 16.2 Å². The minimum Gasteiger partial charge on any atom is -0.549 e. The predicted octanol–water partition coefficient (Wildman–Crippen LogP) is -11.5. The van der Waals surface area contributed by atoms with Gasteiger partial charge in [0.25, 0.3) is 17.2 Å². The number of carboxylic acids is 2. The third-order valence-electron chi connectivity index (χ3n) is 10.2. The van der Waals surface area contributed by atoms with E-state index in [1.165, 1.54) is 33.5 Å². The van der Waals surface area contributed by atoms with Crippen molar-refractivity contribution in [3.8, 4) is 17.3 Å². The molecule has 1 unspecified atom stereocenters. The fraction of sp³-hybridized carbons (Fsp3) is 0.378. The SMILES string of the molecule is CO[C@@]1(NC(=O)C(C(=O)[O-])c2ccc(O)cc2)C(=O)N2C(C(=O)[O-])=C(CSc3nnnn3C)CO[C@@H]21.Cc1cc2nc3c(=O)[nH]c(=O)nc-3n(C[C@H](O)[C@H](O)[C@H](O)CO)c2cc1C.[Na+].[Na+]. The number of methoxy groups -OCH3 is 1. The van der Waals surface area contributed by atoms with Gasteiger partial charge in [-0.3, -0.25) is 24.3 Å². The Morgan fingerprint density at radius 3 is 2.29 bits per heavy atom. The number of fused-ring (bicyclic) bond motifs is 3. The molecule has 2 aromatic carbocycles. The molecule has 28 heteroatoms. The van der Waals surface area contributed by atoms with E-state index in [1.807, 2.05) is 13.8 Å². The van der Waals surface area contributed by atoms with E-state index in [9.17, 15) is 59.4 Å². The van der Waals surface area contributed by atoms with Crippen molar-refractivity contribution in [1.82, 2.24) is 49.9 Å². The van der Waals surface area contributed by atoms with Gasteiger partial charge in [0.2, 0.25) is 11.1 Å². The van der Waals surface area contributed by atoms with Gasteiger partial charge in [-0.1, -0.05) is 23.9 Å². The zero-order valence-corrected chi connectivity index (χ0v) is 40.3. The van der Waals surface area contributed by atoms with Gasteiger partial charge in [-0.25, -0.2) is 14.5 Å². The number of thioether (sulfide) groups is 1. The van der Waals surface area contributed by atoms with Gasteiger partial charge in [-0.15, -0.1) is 5.10 Å². The van der Waals surface area contributed by atoms with Gasteiger partial charge in [0.15, 0.2) is 17.7 Å². The Bertz CT molecular complexity index is 2720. The smallest absolute Gasteiger partial charge is 0.549 e. The quantitative estimate of drug-likeness (QED) is 0.0136. The maximum Gasteiger partial charge on any atom is 1.00 e. The first-order valence-electron chi connectivity index (χ1n) is 18.5. The number of β-lactam (4-membered cyclic amide) rings is 1. The molecule has 0 radical (unpaired) electrons. The second kappa shape index (κ2) is 21.7. The number of nitrogens with one attached hydrogen (secondary N) is 2. The molecule has 2 amide bonds. The molecule has 7 N–H and O–H groups in total. The summed E-state index contributed by atoms with van der Waals surface area (Å²) in [4.78, 5) is 84.5. The van der Waals surface area contributed by atoms with E-state index in [2.05, 4.69) is 35.8 Å². The van der Waals surface area contributed by atoms with E-state index in [4.69, 9.17) is 14.6 Å². The van der Waals surface area contributed by atoms with Crippen molar-refractivity contribution in [3.05, 3.63) is 85.2 Å². The molecule has 0 saturated carbocycles. The summed E-state index contributed by atoms with van der Waals surface area (Å²) in [6.45, 7) is 2.46. The second-order valence-corrected chi connectivity index (χ2v) is 15.2. The molecule has 1 fully saturated rings. The number of aromatic hydroxyl groups is 1. The minimum atomic E-state index is -2.20. The molecule has 4 aliphatic heterocycles. The van der Waals surface area contributed by atoms with Gasteiger partial charge in [-0.05, 0) is 70.8 Å². The number of phenols is 1. The number of carboxylic acid groups (broad SMARTS) is 2. The van der Waals surface area contributed by atoms with Crippen LogP contribution in [-0.4, -0.2) is 150 Å². The molecule has 25 nitrogen and oxygen atoms in total. The van der Waals surface area contributed by atoms with Crippen molar-refractivity contribution in [2.45, 2.75) is 61.7 Å². The molecular weight excluding hydrogens is 903 g/mol. The van der Waals surface area contributed by atoms with Crippen molar-refractivity contribution < 1.29 is 124 Å². The van der Waals surface area contributed by atoms with Crippen LogP contribution in [0.1, 0.15) is 22.6 Å². The Hall–Kier alpha value is -4.68. The second-order valence-electron chi connectivity index (χ2n) is 14.2. The number of nitrogens with zero attached hydrogens (tertiary/aromatic N) is 8. The van der Waals surface area contributed by atoms with E-state index in [0.717, 1.165) is 34.9 Å². The Morgan fingerprint density at radius 2 is 1.71 bits per heavy atom. The van der Waals surface area contributed by atoms with Gasteiger partial charge in [-0.2, -0.15) is 4.98 Å². The number of benzene rings is 2. The molecule has 3 aromatic rings. The van der Waals surface area contributed by atoms with Crippen molar-refractivity contribution in [2.24, 2.45) is 7.05 Å². The van der Waals surface area contributed by atoms with Gasteiger partial charge < -0.3 is 64.7 Å². The van der Waals surface area contributed by atoms with Gasteiger partial charge in [0.05, 0.1) is 48.4 Å². The molecule has 7 rings (SSSR count). The third-order valence-corrected chi connectivity index (χ3v) is 11.3. The van der Waals surface area contributed by atoms with Crippen LogP contribution in [0.5, 0.6) is 5.75 Å². The Balaban J connectivity index is 0.000000287. The summed E-state index contributed by atoms with van der Waals surface area (Å²) in [6.07, 6.45) is -6.10. The molecule has 1 aromatic heterocycles. The number of ether oxygens (including phenoxy) is 2. The first-order chi connectivity index (χ1) is 29.8. The van der Waals surface area contributed by atoms with E-state index >= 15 is 0 Å². The predicted molar refractivity (Wildman–Crippen MR) is 207 cm³/mol. The zero-order valence-electron chi connectivity index (χ0n) is 35.5. The van der Waals surface area contributed by atoms with Gasteiger partial charge in [0, 0.05) is 19.9 Å². The Labute approximate surface area is 414 Å². The Morgan fingerprint density at radius 1 is 1.05 bits per heavy atom. The number of hydrogen-bond donors (Lipinski definition) is 7. The number of hydrogen-bond acceptors (Lipinski definition) is 21. The molecule has 65 heavy (non-hydrogen) atoms. The summed E-state index contributed by atoms with van der Waals surface area (Å²) in [7, 11) is 2.67. The van der Waals surface area contributed by atoms with E-state index < -0.39 is 83.5 Å². The molecule has 0 spiro atoms. The maximum absolute atomic E-state index is 13.1. The number of H-pyrrole nitrogens is 1. The summed E-state index contributed by atoms with van der Waals surface area (Å²) < 4.78 is 13.7. The largest absolute Gasteiger partial charge is 1.00 e. The standard InChI is InChI=1S/C20H20N6O9S.C17H20N4O6.2Na/c1-25-19(22-23-24-25)36-8-10-7-35-18-20(34-2,17(33)26(18)13(10)16(31)32)21-14(28)12(15(29)30)9-3-5-11(27)6-4-9;1-7-3-9-10(4-8(7)2)21(5-11(23)14(25)12(24)6-22)15-13(18-9)16(26)20-17(27)19-15;;/h3-6,12,18,27H,7-8H2,1-2H3,(H,21,28)(H,29,30)(H,31,32);3-4,11-12,14,22-25H,5-6H2,1-2H3,(H,20,26,27);;/q;;2*+1/p-2/t12?,18-,20+;11-,12+,14-;;/m10../s1. The molecular formula is C37H38N10Na2O15S. The number of aliphatic hydroxyl groups is 4. The Kier molecular flexibility index (Phi) is 17.7. The number of carbonyl (C=O) groups is 4. The number of aromatic nitrogens is 8. The average Bonchev–Trinajstić information content (AvgIpc) is 3.66. The van der Waals surface area contributed by atoms with Gasteiger partial charge >= 0.3 is 64.8 Å². The summed E-state index contributed by atoms with van der Waals surface area (Å²) in [5, 5.41) is 85.5. The maximum atomic E-state index is 13.1. The fourth-order valence-electron chi connectivity index (χ4n) is 6.75. The summed E-state index contributed by atoms with van der Waals surface area (Å²) in [6, 6.07) is 8.29. The van der Waals surface area contributed by atoms with Crippen molar-refractivity contribution in [1.29, 1.82) is 0 Å². The number of aryl methyl sites for hydroxylation is 3. The third kappa shape index (κ3) is 10.6. The van der Waals surface area contributed by atoms with Crippen LogP contribution >= 0.6 is 11.8 Å². The zero-order chi connectivity index (χ0) is 46.1. The number of rotatable bonds is 14.